The van der Waals surface area contributed by atoms with Gasteiger partial charge in [-0.2, -0.15) is 5.26 Å². The first-order valence-corrected chi connectivity index (χ1v) is 8.67. The Balaban J connectivity index is 1.83. The summed E-state index contributed by atoms with van der Waals surface area (Å²) in [4.78, 5) is 14.7. The van der Waals surface area contributed by atoms with Gasteiger partial charge in [-0.25, -0.2) is 14.4 Å². The number of piperidine rings is 1. The zero-order valence-electron chi connectivity index (χ0n) is 15.4. The molecule has 0 N–H and O–H groups in total. The van der Waals surface area contributed by atoms with Crippen LogP contribution in [-0.2, 0) is 0 Å². The highest BCUT2D eigenvalue weighted by atomic mass is 19.1. The van der Waals surface area contributed by atoms with Gasteiger partial charge >= 0.3 is 0 Å². The van der Waals surface area contributed by atoms with Gasteiger partial charge in [-0.05, 0) is 25.0 Å². The number of hydrogen-bond donors (Lipinski definition) is 0. The van der Waals surface area contributed by atoms with Gasteiger partial charge in [0.1, 0.15) is 29.8 Å². The molecule has 0 bridgehead atoms. The number of nitrogens with zero attached hydrogens (tertiary/aromatic N) is 6. The maximum Gasteiger partial charge on any atom is 0.147 e. The molecule has 0 amide bonds. The van der Waals surface area contributed by atoms with Crippen LogP contribution in [0.2, 0.25) is 0 Å². The second kappa shape index (κ2) is 7.56. The van der Waals surface area contributed by atoms with E-state index in [2.05, 4.69) is 20.9 Å². The quantitative estimate of drug-likeness (QED) is 0.841. The summed E-state index contributed by atoms with van der Waals surface area (Å²) in [5.41, 5.74) is 0.787. The van der Waals surface area contributed by atoms with Gasteiger partial charge in [-0.3, -0.25) is 0 Å². The lowest BCUT2D eigenvalue weighted by Crippen LogP contribution is -2.47. The molecule has 6 nitrogen and oxygen atoms in total. The van der Waals surface area contributed by atoms with Crippen molar-refractivity contribution in [3.63, 3.8) is 0 Å². The Morgan fingerprint density at radius 1 is 1.23 bits per heavy atom. The van der Waals surface area contributed by atoms with Crippen molar-refractivity contribution in [2.45, 2.75) is 18.9 Å². The van der Waals surface area contributed by atoms with Crippen LogP contribution in [0, 0.1) is 17.1 Å². The van der Waals surface area contributed by atoms with Gasteiger partial charge in [0.25, 0.3) is 0 Å². The molecular weight excluding hydrogens is 331 g/mol. The lowest BCUT2D eigenvalue weighted by atomic mass is 10.0. The highest BCUT2D eigenvalue weighted by molar-refractivity contribution is 5.61. The Morgan fingerprint density at radius 3 is 2.73 bits per heavy atom. The minimum Gasteiger partial charge on any atom is -0.366 e. The summed E-state index contributed by atoms with van der Waals surface area (Å²) in [5.74, 6) is 1.34. The molecule has 26 heavy (non-hydrogen) atoms. The molecule has 0 spiro atoms. The second-order valence-electron chi connectivity index (χ2n) is 6.73. The number of aromatic nitrogens is 2. The SMILES string of the molecule is CN(C)c1cc(N(C)C2CCCN(c3c(F)cccc3C#N)C2)ncn1. The van der Waals surface area contributed by atoms with Gasteiger partial charge in [-0.15, -0.1) is 0 Å². The average Bonchev–Trinajstić information content (AvgIpc) is 2.67. The normalized spacial score (nSPS) is 16.9. The zero-order chi connectivity index (χ0) is 18.7. The lowest BCUT2D eigenvalue weighted by Gasteiger charge is -2.39. The third-order valence-electron chi connectivity index (χ3n) is 4.83. The maximum absolute atomic E-state index is 14.4. The van der Waals surface area contributed by atoms with Gasteiger partial charge in [0.05, 0.1) is 11.3 Å². The summed E-state index contributed by atoms with van der Waals surface area (Å²) in [6, 6.07) is 8.89. The first kappa shape index (κ1) is 17.9. The summed E-state index contributed by atoms with van der Waals surface area (Å²) in [5, 5.41) is 9.33. The Morgan fingerprint density at radius 2 is 2.00 bits per heavy atom. The molecular formula is C19H23FN6. The van der Waals surface area contributed by atoms with Crippen LogP contribution in [-0.4, -0.2) is 50.2 Å². The molecule has 1 aromatic heterocycles. The monoisotopic (exact) mass is 354 g/mol. The predicted octanol–water partition coefficient (Wildman–Crippen LogP) is 2.66. The van der Waals surface area contributed by atoms with Crippen molar-refractivity contribution in [1.29, 1.82) is 5.26 Å². The Bertz CT molecular complexity index is 816. The molecule has 0 radical (unpaired) electrons. The van der Waals surface area contributed by atoms with Crippen molar-refractivity contribution in [3.8, 4) is 6.07 Å². The summed E-state index contributed by atoms with van der Waals surface area (Å²) in [7, 11) is 5.88. The van der Waals surface area contributed by atoms with Gasteiger partial charge in [0.2, 0.25) is 0 Å². The van der Waals surface area contributed by atoms with Crippen molar-refractivity contribution >= 4 is 17.3 Å². The third kappa shape index (κ3) is 3.54. The molecule has 1 saturated heterocycles. The van der Waals surface area contributed by atoms with Crippen molar-refractivity contribution in [2.24, 2.45) is 0 Å². The van der Waals surface area contributed by atoms with Crippen LogP contribution in [0.4, 0.5) is 21.7 Å². The summed E-state index contributed by atoms with van der Waals surface area (Å²) in [6.07, 6.45) is 3.48. The summed E-state index contributed by atoms with van der Waals surface area (Å²) < 4.78 is 14.4. The minimum atomic E-state index is -0.343. The number of nitriles is 1. The minimum absolute atomic E-state index is 0.180. The van der Waals surface area contributed by atoms with E-state index in [1.165, 1.54) is 6.07 Å². The van der Waals surface area contributed by atoms with Crippen LogP contribution in [0.15, 0.2) is 30.6 Å². The zero-order valence-corrected chi connectivity index (χ0v) is 15.4. The highest BCUT2D eigenvalue weighted by Crippen LogP contribution is 2.29. The fourth-order valence-electron chi connectivity index (χ4n) is 3.36. The van der Waals surface area contributed by atoms with Crippen molar-refractivity contribution in [1.82, 2.24) is 9.97 Å². The molecule has 0 saturated carbocycles. The highest BCUT2D eigenvalue weighted by Gasteiger charge is 2.27. The Kier molecular flexibility index (Phi) is 5.21. The fourth-order valence-corrected chi connectivity index (χ4v) is 3.36. The average molecular weight is 354 g/mol. The van der Waals surface area contributed by atoms with E-state index < -0.39 is 0 Å². The molecule has 1 aliphatic rings. The van der Waals surface area contributed by atoms with E-state index in [1.54, 1.807) is 18.5 Å². The van der Waals surface area contributed by atoms with Crippen molar-refractivity contribution < 1.29 is 4.39 Å². The van der Waals surface area contributed by atoms with Gasteiger partial charge in [-0.1, -0.05) is 6.07 Å². The fraction of sp³-hybridized carbons (Fsp3) is 0.421. The Labute approximate surface area is 153 Å². The summed E-state index contributed by atoms with van der Waals surface area (Å²) in [6.45, 7) is 1.39. The standard InChI is InChI=1S/C19H23FN6/c1-24(2)17-10-18(23-13-22-17)25(3)15-7-5-9-26(12-15)19-14(11-21)6-4-8-16(19)20/h4,6,8,10,13,15H,5,7,9,12H2,1-3H3. The topological polar surface area (TPSA) is 59.3 Å². The van der Waals surface area contributed by atoms with Crippen molar-refractivity contribution in [2.75, 3.05) is 48.9 Å². The number of halogens is 1. The number of rotatable bonds is 4. The van der Waals surface area contributed by atoms with E-state index in [-0.39, 0.29) is 11.9 Å². The third-order valence-corrected chi connectivity index (χ3v) is 4.83. The molecule has 3 rings (SSSR count). The second-order valence-corrected chi connectivity index (χ2v) is 6.73. The number of benzene rings is 1. The summed E-state index contributed by atoms with van der Waals surface area (Å²) >= 11 is 0. The molecule has 136 valence electrons. The van der Waals surface area contributed by atoms with Crippen LogP contribution in [0.1, 0.15) is 18.4 Å². The van der Waals surface area contributed by atoms with Crippen LogP contribution >= 0.6 is 0 Å². The predicted molar refractivity (Wildman–Crippen MR) is 101 cm³/mol. The van der Waals surface area contributed by atoms with E-state index in [0.717, 1.165) is 31.0 Å². The Hall–Kier alpha value is -2.88. The first-order valence-electron chi connectivity index (χ1n) is 8.67. The molecule has 1 aromatic carbocycles. The van der Waals surface area contributed by atoms with E-state index in [4.69, 9.17) is 0 Å². The number of para-hydroxylation sites is 1. The van der Waals surface area contributed by atoms with Crippen LogP contribution in [0.25, 0.3) is 0 Å². The van der Waals surface area contributed by atoms with Crippen LogP contribution in [0.3, 0.4) is 0 Å². The molecule has 1 fully saturated rings. The lowest BCUT2D eigenvalue weighted by molar-refractivity contribution is 0.479. The molecule has 1 atom stereocenters. The van der Waals surface area contributed by atoms with Gasteiger partial charge in [0.15, 0.2) is 0 Å². The molecule has 7 heteroatoms. The van der Waals surface area contributed by atoms with E-state index in [1.807, 2.05) is 37.0 Å². The van der Waals surface area contributed by atoms with E-state index in [0.29, 0.717) is 17.8 Å². The van der Waals surface area contributed by atoms with Gasteiger partial charge in [0, 0.05) is 46.3 Å². The molecule has 1 aliphatic heterocycles. The number of hydrogen-bond acceptors (Lipinski definition) is 6. The van der Waals surface area contributed by atoms with Crippen molar-refractivity contribution in [3.05, 3.63) is 42.0 Å². The molecule has 1 unspecified atom stereocenters. The smallest absolute Gasteiger partial charge is 0.147 e. The van der Waals surface area contributed by atoms with E-state index in [9.17, 15) is 9.65 Å². The van der Waals surface area contributed by atoms with Gasteiger partial charge < -0.3 is 14.7 Å². The number of anilines is 3. The molecule has 2 aromatic rings. The largest absolute Gasteiger partial charge is 0.366 e. The maximum atomic E-state index is 14.4. The molecule has 2 heterocycles. The van der Waals surface area contributed by atoms with Crippen LogP contribution in [0.5, 0.6) is 0 Å². The molecule has 0 aliphatic carbocycles. The first-order chi connectivity index (χ1) is 12.5. The van der Waals surface area contributed by atoms with Crippen LogP contribution < -0.4 is 14.7 Å². The number of likely N-dealkylation sites (N-methyl/N-ethyl adjacent to an activating group) is 1. The van der Waals surface area contributed by atoms with E-state index >= 15 is 0 Å².